The minimum absolute atomic E-state index is 0.147. The lowest BCUT2D eigenvalue weighted by atomic mass is 9.80. The molecule has 0 spiro atoms. The van der Waals surface area contributed by atoms with E-state index in [2.05, 4.69) is 15.4 Å². The van der Waals surface area contributed by atoms with Gasteiger partial charge in [0.15, 0.2) is 0 Å². The second-order valence-electron chi connectivity index (χ2n) is 4.35. The molecule has 1 aliphatic rings. The molecule has 16 heavy (non-hydrogen) atoms. The standard InChI is InChI=1S/C10H16N4O2/c1-8(14-7-11-6-13-14)9(15)12-5-10(16)3-2-4-10/h6-8,16H,2-5H2,1H3,(H,12,15). The molecule has 0 bridgehead atoms. The molecule has 6 heteroatoms. The van der Waals surface area contributed by atoms with E-state index in [1.165, 1.54) is 17.3 Å². The van der Waals surface area contributed by atoms with Gasteiger partial charge in [-0.25, -0.2) is 9.67 Å². The minimum Gasteiger partial charge on any atom is -0.388 e. The summed E-state index contributed by atoms with van der Waals surface area (Å²) >= 11 is 0. The Labute approximate surface area is 93.7 Å². The third kappa shape index (κ3) is 2.21. The predicted molar refractivity (Wildman–Crippen MR) is 56.5 cm³/mol. The van der Waals surface area contributed by atoms with E-state index in [1.54, 1.807) is 6.92 Å². The fraction of sp³-hybridized carbons (Fsp3) is 0.700. The first-order valence-corrected chi connectivity index (χ1v) is 5.45. The summed E-state index contributed by atoms with van der Waals surface area (Å²) in [6, 6.07) is -0.397. The van der Waals surface area contributed by atoms with Crippen molar-refractivity contribution in [3.8, 4) is 0 Å². The van der Waals surface area contributed by atoms with Gasteiger partial charge in [-0.15, -0.1) is 0 Å². The highest BCUT2D eigenvalue weighted by Crippen LogP contribution is 2.30. The van der Waals surface area contributed by atoms with E-state index in [0.29, 0.717) is 6.54 Å². The predicted octanol–water partition coefficient (Wildman–Crippen LogP) is -0.130. The number of aromatic nitrogens is 3. The number of nitrogens with one attached hydrogen (secondary N) is 1. The van der Waals surface area contributed by atoms with Gasteiger partial charge in [-0.2, -0.15) is 5.10 Å². The summed E-state index contributed by atoms with van der Waals surface area (Å²) < 4.78 is 1.49. The lowest BCUT2D eigenvalue weighted by Gasteiger charge is -2.36. The molecule has 1 aromatic rings. The number of amides is 1. The molecule has 0 aromatic carbocycles. The lowest BCUT2D eigenvalue weighted by Crippen LogP contribution is -2.48. The summed E-state index contributed by atoms with van der Waals surface area (Å²) in [5.41, 5.74) is -0.683. The number of carbonyl (C=O) groups is 1. The molecule has 2 N–H and O–H groups in total. The zero-order valence-electron chi connectivity index (χ0n) is 9.26. The Morgan fingerprint density at radius 2 is 2.44 bits per heavy atom. The van der Waals surface area contributed by atoms with Crippen molar-refractivity contribution in [3.05, 3.63) is 12.7 Å². The molecule has 1 unspecified atom stereocenters. The third-order valence-electron chi connectivity index (χ3n) is 3.09. The van der Waals surface area contributed by atoms with Gasteiger partial charge in [0.05, 0.1) is 5.60 Å². The molecular weight excluding hydrogens is 208 g/mol. The zero-order valence-corrected chi connectivity index (χ0v) is 9.26. The average molecular weight is 224 g/mol. The zero-order chi connectivity index (χ0) is 11.6. The first kappa shape index (κ1) is 11.1. The molecule has 0 radical (unpaired) electrons. The molecule has 1 atom stereocenters. The molecule has 1 amide bonds. The van der Waals surface area contributed by atoms with Gasteiger partial charge in [0.1, 0.15) is 18.7 Å². The fourth-order valence-corrected chi connectivity index (χ4v) is 1.70. The van der Waals surface area contributed by atoms with Crippen LogP contribution in [0.25, 0.3) is 0 Å². The van der Waals surface area contributed by atoms with Crippen LogP contribution in [0.2, 0.25) is 0 Å². The van der Waals surface area contributed by atoms with E-state index in [-0.39, 0.29) is 5.91 Å². The van der Waals surface area contributed by atoms with Crippen molar-refractivity contribution in [2.45, 2.75) is 37.8 Å². The summed E-state index contributed by atoms with van der Waals surface area (Å²) in [6.45, 7) is 2.07. The second-order valence-corrected chi connectivity index (χ2v) is 4.35. The Balaban J connectivity index is 1.84. The molecule has 88 valence electrons. The smallest absolute Gasteiger partial charge is 0.244 e. The Hall–Kier alpha value is -1.43. The van der Waals surface area contributed by atoms with Crippen molar-refractivity contribution in [2.24, 2.45) is 0 Å². The molecule has 1 saturated carbocycles. The van der Waals surface area contributed by atoms with Crippen LogP contribution in [-0.4, -0.2) is 37.9 Å². The molecule has 1 aromatic heterocycles. The highest BCUT2D eigenvalue weighted by molar-refractivity contribution is 5.79. The van der Waals surface area contributed by atoms with Crippen LogP contribution < -0.4 is 5.32 Å². The van der Waals surface area contributed by atoms with Crippen LogP contribution in [0, 0.1) is 0 Å². The Kier molecular flexibility index (Phi) is 2.91. The quantitative estimate of drug-likeness (QED) is 0.746. The Morgan fingerprint density at radius 1 is 1.69 bits per heavy atom. The second kappa shape index (κ2) is 4.21. The van der Waals surface area contributed by atoms with Crippen molar-refractivity contribution in [3.63, 3.8) is 0 Å². The van der Waals surface area contributed by atoms with Crippen molar-refractivity contribution in [2.75, 3.05) is 6.54 Å². The van der Waals surface area contributed by atoms with Crippen molar-refractivity contribution in [1.82, 2.24) is 20.1 Å². The first-order chi connectivity index (χ1) is 7.61. The van der Waals surface area contributed by atoms with Gasteiger partial charge in [0.2, 0.25) is 5.91 Å². The maximum Gasteiger partial charge on any atom is 0.244 e. The number of hydrogen-bond acceptors (Lipinski definition) is 4. The summed E-state index contributed by atoms with van der Waals surface area (Å²) in [7, 11) is 0. The number of hydrogen-bond donors (Lipinski definition) is 2. The maximum atomic E-state index is 11.7. The van der Waals surface area contributed by atoms with Crippen LogP contribution in [0.15, 0.2) is 12.7 Å². The fourth-order valence-electron chi connectivity index (χ4n) is 1.70. The molecule has 1 heterocycles. The van der Waals surface area contributed by atoms with Gasteiger partial charge in [-0.1, -0.05) is 0 Å². The summed E-state index contributed by atoms with van der Waals surface area (Å²) in [5, 5.41) is 16.5. The third-order valence-corrected chi connectivity index (χ3v) is 3.09. The van der Waals surface area contributed by atoms with Crippen LogP contribution in [0.5, 0.6) is 0 Å². The van der Waals surface area contributed by atoms with Crippen LogP contribution in [-0.2, 0) is 4.79 Å². The highest BCUT2D eigenvalue weighted by atomic mass is 16.3. The van der Waals surface area contributed by atoms with Gasteiger partial charge in [0, 0.05) is 6.54 Å². The topological polar surface area (TPSA) is 80.0 Å². The Bertz CT molecular complexity index is 359. The Morgan fingerprint density at radius 3 is 2.94 bits per heavy atom. The maximum absolute atomic E-state index is 11.7. The van der Waals surface area contributed by atoms with E-state index in [0.717, 1.165) is 19.3 Å². The summed E-state index contributed by atoms with van der Waals surface area (Å²) in [4.78, 5) is 15.5. The number of carbonyl (C=O) groups excluding carboxylic acids is 1. The van der Waals surface area contributed by atoms with Crippen molar-refractivity contribution < 1.29 is 9.90 Å². The normalized spacial score (nSPS) is 19.9. The van der Waals surface area contributed by atoms with Gasteiger partial charge in [0.25, 0.3) is 0 Å². The molecule has 1 fully saturated rings. The summed E-state index contributed by atoms with van der Waals surface area (Å²) in [6.07, 6.45) is 5.46. The lowest BCUT2D eigenvalue weighted by molar-refractivity contribution is -0.126. The average Bonchev–Trinajstić information content (AvgIpc) is 2.75. The van der Waals surface area contributed by atoms with Crippen LogP contribution in [0.4, 0.5) is 0 Å². The number of aliphatic hydroxyl groups is 1. The van der Waals surface area contributed by atoms with Gasteiger partial charge in [-0.3, -0.25) is 4.79 Å². The van der Waals surface area contributed by atoms with E-state index < -0.39 is 11.6 Å². The minimum atomic E-state index is -0.683. The largest absolute Gasteiger partial charge is 0.388 e. The van der Waals surface area contributed by atoms with E-state index in [4.69, 9.17) is 0 Å². The molecule has 1 aliphatic carbocycles. The molecule has 0 saturated heterocycles. The number of nitrogens with zero attached hydrogens (tertiary/aromatic N) is 3. The highest BCUT2D eigenvalue weighted by Gasteiger charge is 2.34. The van der Waals surface area contributed by atoms with Crippen molar-refractivity contribution >= 4 is 5.91 Å². The molecular formula is C10H16N4O2. The van der Waals surface area contributed by atoms with E-state index in [9.17, 15) is 9.90 Å². The summed E-state index contributed by atoms with van der Waals surface area (Å²) in [5.74, 6) is -0.147. The van der Waals surface area contributed by atoms with Gasteiger partial charge >= 0.3 is 0 Å². The first-order valence-electron chi connectivity index (χ1n) is 5.45. The molecule has 2 rings (SSSR count). The molecule has 0 aliphatic heterocycles. The SMILES string of the molecule is CC(C(=O)NCC1(O)CCC1)n1cncn1. The van der Waals surface area contributed by atoms with Crippen LogP contribution >= 0.6 is 0 Å². The molecule has 6 nitrogen and oxygen atoms in total. The van der Waals surface area contributed by atoms with E-state index >= 15 is 0 Å². The van der Waals surface area contributed by atoms with Gasteiger partial charge < -0.3 is 10.4 Å². The van der Waals surface area contributed by atoms with Crippen LogP contribution in [0.3, 0.4) is 0 Å². The monoisotopic (exact) mass is 224 g/mol. The van der Waals surface area contributed by atoms with Gasteiger partial charge in [-0.05, 0) is 26.2 Å². The van der Waals surface area contributed by atoms with E-state index in [1.807, 2.05) is 0 Å². The van der Waals surface area contributed by atoms with Crippen LogP contribution in [0.1, 0.15) is 32.2 Å². The van der Waals surface area contributed by atoms with Crippen molar-refractivity contribution in [1.29, 1.82) is 0 Å². The number of rotatable bonds is 4.